The van der Waals surface area contributed by atoms with Crippen molar-refractivity contribution < 1.29 is 4.79 Å². The predicted molar refractivity (Wildman–Crippen MR) is 67.7 cm³/mol. The first kappa shape index (κ1) is 12.2. The topological polar surface area (TPSA) is 56.9 Å². The summed E-state index contributed by atoms with van der Waals surface area (Å²) in [5.74, 6) is 0.213. The molecule has 1 aliphatic carbocycles. The zero-order chi connectivity index (χ0) is 12.1. The second-order valence-corrected chi connectivity index (χ2v) is 4.87. The molecule has 4 heteroatoms. The van der Waals surface area contributed by atoms with Gasteiger partial charge in [0.2, 0.25) is 5.91 Å². The Morgan fingerprint density at radius 2 is 2.35 bits per heavy atom. The van der Waals surface area contributed by atoms with Crippen LogP contribution in [0, 0.1) is 5.41 Å². The van der Waals surface area contributed by atoms with Crippen LogP contribution in [0.2, 0.25) is 0 Å². The lowest BCUT2D eigenvalue weighted by Crippen LogP contribution is -2.51. The van der Waals surface area contributed by atoms with E-state index in [1.807, 2.05) is 25.4 Å². The number of aromatic nitrogens is 1. The first-order valence-electron chi connectivity index (χ1n) is 6.32. The molecule has 1 aromatic heterocycles. The van der Waals surface area contributed by atoms with E-state index in [0.717, 1.165) is 25.8 Å². The largest absolute Gasteiger partial charge is 0.365 e. The molecule has 1 fully saturated rings. The number of rotatable bonds is 6. The highest BCUT2D eigenvalue weighted by molar-refractivity contribution is 5.83. The summed E-state index contributed by atoms with van der Waals surface area (Å²) < 4.78 is 0. The molecule has 0 unspecified atom stereocenters. The molecular weight excluding hydrogens is 214 g/mol. The second kappa shape index (κ2) is 5.36. The second-order valence-electron chi connectivity index (χ2n) is 4.87. The van der Waals surface area contributed by atoms with Gasteiger partial charge < -0.3 is 15.6 Å². The first-order chi connectivity index (χ1) is 8.27. The van der Waals surface area contributed by atoms with Gasteiger partial charge in [0.05, 0.1) is 5.41 Å². The van der Waals surface area contributed by atoms with Crippen molar-refractivity contribution in [2.75, 3.05) is 20.1 Å². The van der Waals surface area contributed by atoms with E-state index in [0.29, 0.717) is 6.54 Å². The Labute approximate surface area is 102 Å². The maximum Gasteiger partial charge on any atom is 0.227 e. The Morgan fingerprint density at radius 1 is 1.53 bits per heavy atom. The van der Waals surface area contributed by atoms with E-state index in [1.54, 1.807) is 0 Å². The summed E-state index contributed by atoms with van der Waals surface area (Å²) in [7, 11) is 1.91. The number of carbonyl (C=O) groups excluding carboxylic acids is 1. The lowest BCUT2D eigenvalue weighted by molar-refractivity contribution is -0.135. The molecule has 94 valence electrons. The van der Waals surface area contributed by atoms with Gasteiger partial charge in [-0.05, 0) is 32.0 Å². The average Bonchev–Trinajstić information content (AvgIpc) is 2.76. The minimum atomic E-state index is -0.134. The molecular formula is C13H21N3O. The summed E-state index contributed by atoms with van der Waals surface area (Å²) in [4.78, 5) is 15.2. The van der Waals surface area contributed by atoms with E-state index in [4.69, 9.17) is 0 Å². The molecule has 0 aromatic carbocycles. The first-order valence-corrected chi connectivity index (χ1v) is 6.32. The van der Waals surface area contributed by atoms with E-state index in [-0.39, 0.29) is 11.3 Å². The summed E-state index contributed by atoms with van der Waals surface area (Å²) in [5.41, 5.74) is 1.03. The Balaban J connectivity index is 1.76. The third-order valence-corrected chi connectivity index (χ3v) is 3.65. The van der Waals surface area contributed by atoms with Crippen LogP contribution < -0.4 is 10.6 Å². The maximum atomic E-state index is 12.1. The number of carbonyl (C=O) groups is 1. The van der Waals surface area contributed by atoms with Crippen LogP contribution in [0.4, 0.5) is 0 Å². The van der Waals surface area contributed by atoms with Crippen molar-refractivity contribution in [2.45, 2.75) is 25.7 Å². The maximum absolute atomic E-state index is 12.1. The summed E-state index contributed by atoms with van der Waals surface area (Å²) >= 11 is 0. The average molecular weight is 235 g/mol. The fourth-order valence-electron chi connectivity index (χ4n) is 2.45. The Kier molecular flexibility index (Phi) is 3.84. The van der Waals surface area contributed by atoms with Crippen molar-refractivity contribution in [3.05, 3.63) is 24.0 Å². The molecule has 0 bridgehead atoms. The fourth-order valence-corrected chi connectivity index (χ4v) is 2.45. The molecule has 4 nitrogen and oxygen atoms in total. The molecule has 1 heterocycles. The van der Waals surface area contributed by atoms with E-state index < -0.39 is 0 Å². The van der Waals surface area contributed by atoms with Crippen LogP contribution in [-0.2, 0) is 11.2 Å². The van der Waals surface area contributed by atoms with Gasteiger partial charge in [-0.3, -0.25) is 4.79 Å². The van der Waals surface area contributed by atoms with Gasteiger partial charge >= 0.3 is 0 Å². The molecule has 3 N–H and O–H groups in total. The highest BCUT2D eigenvalue weighted by atomic mass is 16.2. The van der Waals surface area contributed by atoms with Crippen molar-refractivity contribution in [3.8, 4) is 0 Å². The van der Waals surface area contributed by atoms with Gasteiger partial charge in [-0.1, -0.05) is 6.42 Å². The highest BCUT2D eigenvalue weighted by Crippen LogP contribution is 2.40. The SMILES string of the molecule is CNCC1(C(=O)NCCc2ccc[nH]2)CCC1. The van der Waals surface area contributed by atoms with Gasteiger partial charge in [0, 0.05) is 31.4 Å². The van der Waals surface area contributed by atoms with Crippen molar-refractivity contribution >= 4 is 5.91 Å². The van der Waals surface area contributed by atoms with E-state index in [9.17, 15) is 4.79 Å². The Morgan fingerprint density at radius 3 is 2.88 bits per heavy atom. The summed E-state index contributed by atoms with van der Waals surface area (Å²) in [5, 5.41) is 6.18. The van der Waals surface area contributed by atoms with Crippen LogP contribution in [0.1, 0.15) is 25.0 Å². The molecule has 1 aromatic rings. The lowest BCUT2D eigenvalue weighted by Gasteiger charge is -2.40. The third kappa shape index (κ3) is 2.69. The standard InChI is InChI=1S/C13H21N3O/c1-14-10-13(6-3-7-13)12(17)16-9-5-11-4-2-8-15-11/h2,4,8,14-15H,3,5-7,9-10H2,1H3,(H,16,17). The van der Waals surface area contributed by atoms with Crippen LogP contribution in [0.5, 0.6) is 0 Å². The summed E-state index contributed by atoms with van der Waals surface area (Å²) in [6.45, 7) is 1.51. The van der Waals surface area contributed by atoms with Gasteiger partial charge in [-0.25, -0.2) is 0 Å². The summed E-state index contributed by atoms with van der Waals surface area (Å²) in [6.07, 6.45) is 5.98. The number of hydrogen-bond acceptors (Lipinski definition) is 2. The molecule has 1 aliphatic rings. The third-order valence-electron chi connectivity index (χ3n) is 3.65. The van der Waals surface area contributed by atoms with Crippen LogP contribution in [0.15, 0.2) is 18.3 Å². The van der Waals surface area contributed by atoms with E-state index in [1.165, 1.54) is 12.1 Å². The summed E-state index contributed by atoms with van der Waals surface area (Å²) in [6, 6.07) is 4.02. The Hall–Kier alpha value is -1.29. The molecule has 17 heavy (non-hydrogen) atoms. The number of H-pyrrole nitrogens is 1. The number of aromatic amines is 1. The normalized spacial score (nSPS) is 17.5. The van der Waals surface area contributed by atoms with Gasteiger partial charge in [-0.15, -0.1) is 0 Å². The van der Waals surface area contributed by atoms with Gasteiger partial charge in [0.25, 0.3) is 0 Å². The van der Waals surface area contributed by atoms with Crippen molar-refractivity contribution in [1.29, 1.82) is 0 Å². The monoisotopic (exact) mass is 235 g/mol. The quantitative estimate of drug-likeness (QED) is 0.690. The van der Waals surface area contributed by atoms with E-state index in [2.05, 4.69) is 15.6 Å². The van der Waals surface area contributed by atoms with Gasteiger partial charge in [0.15, 0.2) is 0 Å². The van der Waals surface area contributed by atoms with Crippen LogP contribution in [0.3, 0.4) is 0 Å². The molecule has 0 spiro atoms. The van der Waals surface area contributed by atoms with Gasteiger partial charge in [-0.2, -0.15) is 0 Å². The van der Waals surface area contributed by atoms with Crippen LogP contribution >= 0.6 is 0 Å². The number of nitrogens with one attached hydrogen (secondary N) is 3. The Bertz CT molecular complexity index is 355. The van der Waals surface area contributed by atoms with Crippen molar-refractivity contribution in [2.24, 2.45) is 5.41 Å². The van der Waals surface area contributed by atoms with Crippen LogP contribution in [-0.4, -0.2) is 31.0 Å². The molecule has 0 saturated heterocycles. The molecule has 0 radical (unpaired) electrons. The van der Waals surface area contributed by atoms with Gasteiger partial charge in [0.1, 0.15) is 0 Å². The zero-order valence-electron chi connectivity index (χ0n) is 10.4. The molecule has 0 aliphatic heterocycles. The fraction of sp³-hybridized carbons (Fsp3) is 0.615. The lowest BCUT2D eigenvalue weighted by atomic mass is 9.68. The zero-order valence-corrected chi connectivity index (χ0v) is 10.4. The smallest absolute Gasteiger partial charge is 0.227 e. The molecule has 1 amide bonds. The molecule has 0 atom stereocenters. The van der Waals surface area contributed by atoms with Crippen molar-refractivity contribution in [3.63, 3.8) is 0 Å². The van der Waals surface area contributed by atoms with Crippen molar-refractivity contribution in [1.82, 2.24) is 15.6 Å². The minimum Gasteiger partial charge on any atom is -0.365 e. The van der Waals surface area contributed by atoms with E-state index >= 15 is 0 Å². The predicted octanol–water partition coefficient (Wildman–Crippen LogP) is 1.06. The molecule has 1 saturated carbocycles. The number of amides is 1. The molecule has 2 rings (SSSR count). The minimum absolute atomic E-state index is 0.134. The number of hydrogen-bond donors (Lipinski definition) is 3. The van der Waals surface area contributed by atoms with Crippen LogP contribution in [0.25, 0.3) is 0 Å². The highest BCUT2D eigenvalue weighted by Gasteiger charge is 2.43.